The SMILES string of the molecule is CNC(NCC1CCCN(Cc2ccncc2)C1)C(C#N)C#N. The Kier molecular flexibility index (Phi) is 6.96. The molecular weight excluding hydrogens is 288 g/mol. The second kappa shape index (κ2) is 9.22. The van der Waals surface area contributed by atoms with Crippen molar-refractivity contribution in [3.63, 3.8) is 0 Å². The molecule has 1 saturated heterocycles. The van der Waals surface area contributed by atoms with E-state index in [0.29, 0.717) is 5.92 Å². The highest BCUT2D eigenvalue weighted by Gasteiger charge is 2.23. The summed E-state index contributed by atoms with van der Waals surface area (Å²) in [6, 6.07) is 8.18. The Balaban J connectivity index is 1.82. The molecule has 0 bridgehead atoms. The Morgan fingerprint density at radius 3 is 2.74 bits per heavy atom. The van der Waals surface area contributed by atoms with E-state index in [1.165, 1.54) is 18.4 Å². The second-order valence-electron chi connectivity index (χ2n) is 6.01. The molecule has 2 rings (SSSR count). The minimum Gasteiger partial charge on any atom is -0.303 e. The molecule has 2 heterocycles. The summed E-state index contributed by atoms with van der Waals surface area (Å²) < 4.78 is 0. The van der Waals surface area contributed by atoms with Gasteiger partial charge >= 0.3 is 0 Å². The topological polar surface area (TPSA) is 87.8 Å². The third-order valence-corrected chi connectivity index (χ3v) is 4.31. The molecule has 0 saturated carbocycles. The highest BCUT2D eigenvalue weighted by atomic mass is 15.1. The first-order valence-corrected chi connectivity index (χ1v) is 8.08. The van der Waals surface area contributed by atoms with Gasteiger partial charge in [-0.1, -0.05) is 0 Å². The molecule has 1 aromatic heterocycles. The van der Waals surface area contributed by atoms with Crippen molar-refractivity contribution in [3.8, 4) is 12.1 Å². The Bertz CT molecular complexity index is 532. The summed E-state index contributed by atoms with van der Waals surface area (Å²) in [6.07, 6.45) is 5.75. The Morgan fingerprint density at radius 1 is 1.35 bits per heavy atom. The number of nitriles is 2. The van der Waals surface area contributed by atoms with Crippen LogP contribution in [0.4, 0.5) is 0 Å². The smallest absolute Gasteiger partial charge is 0.161 e. The zero-order valence-corrected chi connectivity index (χ0v) is 13.6. The highest BCUT2D eigenvalue weighted by Crippen LogP contribution is 2.18. The molecule has 0 radical (unpaired) electrons. The minimum absolute atomic E-state index is 0.277. The van der Waals surface area contributed by atoms with Crippen molar-refractivity contribution in [1.29, 1.82) is 10.5 Å². The van der Waals surface area contributed by atoms with Crippen LogP contribution in [0.15, 0.2) is 24.5 Å². The summed E-state index contributed by atoms with van der Waals surface area (Å²) in [7, 11) is 1.77. The van der Waals surface area contributed by atoms with Crippen LogP contribution >= 0.6 is 0 Å². The lowest BCUT2D eigenvalue weighted by molar-refractivity contribution is 0.161. The van der Waals surface area contributed by atoms with Crippen molar-refractivity contribution >= 4 is 0 Å². The standard InChI is InChI=1S/C17H24N6/c1-20-17(16(9-18)10-19)22-11-15-3-2-8-23(13-15)12-14-4-6-21-7-5-14/h4-7,15-17,20,22H,2-3,8,11-13H2,1H3. The van der Waals surface area contributed by atoms with Gasteiger partial charge in [0.15, 0.2) is 5.92 Å². The van der Waals surface area contributed by atoms with Crippen LogP contribution in [0, 0.1) is 34.5 Å². The van der Waals surface area contributed by atoms with Gasteiger partial charge in [-0.15, -0.1) is 0 Å². The summed E-state index contributed by atoms with van der Waals surface area (Å²) >= 11 is 0. The van der Waals surface area contributed by atoms with Gasteiger partial charge in [-0.3, -0.25) is 15.2 Å². The summed E-state index contributed by atoms with van der Waals surface area (Å²) in [6.45, 7) is 3.93. The summed E-state index contributed by atoms with van der Waals surface area (Å²) in [5.74, 6) is -0.129. The van der Waals surface area contributed by atoms with Gasteiger partial charge in [-0.05, 0) is 50.0 Å². The van der Waals surface area contributed by atoms with Crippen molar-refractivity contribution in [2.24, 2.45) is 11.8 Å². The average Bonchev–Trinajstić information content (AvgIpc) is 2.60. The van der Waals surface area contributed by atoms with Gasteiger partial charge in [0.25, 0.3) is 0 Å². The summed E-state index contributed by atoms with van der Waals surface area (Å²) in [5, 5.41) is 24.4. The van der Waals surface area contributed by atoms with Gasteiger partial charge in [-0.25, -0.2) is 0 Å². The number of rotatable bonds is 7. The first-order valence-electron chi connectivity index (χ1n) is 8.08. The number of nitrogens with one attached hydrogen (secondary N) is 2. The number of pyridine rings is 1. The highest BCUT2D eigenvalue weighted by molar-refractivity contribution is 5.09. The van der Waals surface area contributed by atoms with Crippen LogP contribution in [0.5, 0.6) is 0 Å². The zero-order chi connectivity index (χ0) is 16.5. The van der Waals surface area contributed by atoms with Gasteiger partial charge in [0, 0.05) is 32.0 Å². The van der Waals surface area contributed by atoms with Crippen molar-refractivity contribution in [2.75, 3.05) is 26.7 Å². The molecule has 0 aliphatic carbocycles. The van der Waals surface area contributed by atoms with E-state index in [2.05, 4.69) is 32.7 Å². The predicted octanol–water partition coefficient (Wildman–Crippen LogP) is 1.09. The summed E-state index contributed by atoms with van der Waals surface area (Å²) in [5.41, 5.74) is 1.29. The first kappa shape index (κ1) is 17.4. The van der Waals surface area contributed by atoms with Crippen molar-refractivity contribution < 1.29 is 0 Å². The van der Waals surface area contributed by atoms with E-state index >= 15 is 0 Å². The van der Waals surface area contributed by atoms with Crippen LogP contribution in [0.1, 0.15) is 18.4 Å². The number of nitrogens with zero attached hydrogens (tertiary/aromatic N) is 4. The van der Waals surface area contributed by atoms with Crippen molar-refractivity contribution in [3.05, 3.63) is 30.1 Å². The molecule has 2 N–H and O–H groups in total. The summed E-state index contributed by atoms with van der Waals surface area (Å²) in [4.78, 5) is 6.52. The fraction of sp³-hybridized carbons (Fsp3) is 0.588. The van der Waals surface area contributed by atoms with Gasteiger partial charge < -0.3 is 5.32 Å². The van der Waals surface area contributed by atoms with Crippen molar-refractivity contribution in [2.45, 2.75) is 25.6 Å². The van der Waals surface area contributed by atoms with Gasteiger partial charge in [-0.2, -0.15) is 10.5 Å². The molecule has 6 nitrogen and oxygen atoms in total. The molecular formula is C17H24N6. The van der Waals surface area contributed by atoms with Crippen LogP contribution in [-0.2, 0) is 6.54 Å². The maximum Gasteiger partial charge on any atom is 0.161 e. The minimum atomic E-state index is -0.670. The Hall–Kier alpha value is -1.99. The third kappa shape index (κ3) is 5.30. The van der Waals surface area contributed by atoms with E-state index in [4.69, 9.17) is 10.5 Å². The number of likely N-dealkylation sites (tertiary alicyclic amines) is 1. The number of hydrogen-bond donors (Lipinski definition) is 2. The van der Waals surface area contributed by atoms with Crippen LogP contribution in [0.2, 0.25) is 0 Å². The zero-order valence-electron chi connectivity index (χ0n) is 13.6. The van der Waals surface area contributed by atoms with Crippen LogP contribution in [0.25, 0.3) is 0 Å². The van der Waals surface area contributed by atoms with E-state index in [9.17, 15) is 0 Å². The first-order chi connectivity index (χ1) is 11.3. The van der Waals surface area contributed by atoms with Crippen LogP contribution in [0.3, 0.4) is 0 Å². The molecule has 23 heavy (non-hydrogen) atoms. The molecule has 122 valence electrons. The number of hydrogen-bond acceptors (Lipinski definition) is 6. The molecule has 6 heteroatoms. The van der Waals surface area contributed by atoms with Gasteiger partial charge in [0.1, 0.15) is 0 Å². The lowest BCUT2D eigenvalue weighted by atomic mass is 9.97. The molecule has 1 fully saturated rings. The molecule has 0 amide bonds. The van der Waals surface area contributed by atoms with E-state index in [-0.39, 0.29) is 6.17 Å². The molecule has 0 aromatic carbocycles. The number of aromatic nitrogens is 1. The van der Waals surface area contributed by atoms with E-state index in [0.717, 1.165) is 26.2 Å². The fourth-order valence-electron chi connectivity index (χ4n) is 3.07. The van der Waals surface area contributed by atoms with E-state index < -0.39 is 5.92 Å². The van der Waals surface area contributed by atoms with Crippen LogP contribution in [-0.4, -0.2) is 42.7 Å². The van der Waals surface area contributed by atoms with Gasteiger partial charge in [0.05, 0.1) is 18.3 Å². The number of piperidine rings is 1. The normalized spacial score (nSPS) is 19.9. The maximum atomic E-state index is 9.00. The molecule has 0 spiro atoms. The van der Waals surface area contributed by atoms with E-state index in [1.54, 1.807) is 7.05 Å². The monoisotopic (exact) mass is 312 g/mol. The van der Waals surface area contributed by atoms with Gasteiger partial charge in [0.2, 0.25) is 0 Å². The van der Waals surface area contributed by atoms with Crippen molar-refractivity contribution in [1.82, 2.24) is 20.5 Å². The quantitative estimate of drug-likeness (QED) is 0.733. The molecule has 1 aromatic rings. The Morgan fingerprint density at radius 2 is 2.09 bits per heavy atom. The fourth-order valence-corrected chi connectivity index (χ4v) is 3.07. The molecule has 1 aliphatic heterocycles. The second-order valence-corrected chi connectivity index (χ2v) is 6.01. The van der Waals surface area contributed by atoms with E-state index in [1.807, 2.05) is 24.5 Å². The molecule has 2 atom stereocenters. The Labute approximate surface area is 138 Å². The lowest BCUT2D eigenvalue weighted by Crippen LogP contribution is -2.49. The lowest BCUT2D eigenvalue weighted by Gasteiger charge is -2.33. The molecule has 2 unspecified atom stereocenters. The maximum absolute atomic E-state index is 9.00. The largest absolute Gasteiger partial charge is 0.303 e. The van der Waals surface area contributed by atoms with Crippen LogP contribution < -0.4 is 10.6 Å². The molecule has 1 aliphatic rings. The third-order valence-electron chi connectivity index (χ3n) is 4.31. The average molecular weight is 312 g/mol. The predicted molar refractivity (Wildman–Crippen MR) is 87.8 cm³/mol.